The molecule has 0 spiro atoms. The molecule has 8 nitrogen and oxygen atoms in total. The second kappa shape index (κ2) is 9.19. The minimum absolute atomic E-state index is 0.0459. The number of aromatic hydroxyl groups is 1. The van der Waals surface area contributed by atoms with E-state index >= 15 is 0 Å². The molecule has 3 aromatic carbocycles. The molecule has 1 aliphatic carbocycles. The molecule has 0 bridgehead atoms. The van der Waals surface area contributed by atoms with Crippen LogP contribution in [0.2, 0.25) is 0 Å². The number of hydrazone groups is 1. The Balaban J connectivity index is 1.61. The highest BCUT2D eigenvalue weighted by Gasteiger charge is 2.18. The van der Waals surface area contributed by atoms with Crippen LogP contribution < -0.4 is 10.7 Å². The number of phenolic OH excluding ortho intramolecular Hbond substituents is 1. The number of fused-ring (bicyclic) bond motifs is 1. The minimum Gasteiger partial charge on any atom is -0.505 e. The number of benzene rings is 3. The highest BCUT2D eigenvalue weighted by atomic mass is 16.4. The molecule has 8 heteroatoms. The molecule has 34 heavy (non-hydrogen) atoms. The Morgan fingerprint density at radius 2 is 1.79 bits per heavy atom. The molecule has 0 saturated carbocycles. The van der Waals surface area contributed by atoms with Crippen molar-refractivity contribution in [1.82, 2.24) is 0 Å². The molecule has 4 rings (SSSR count). The topological polar surface area (TPSA) is 135 Å². The van der Waals surface area contributed by atoms with Crippen molar-refractivity contribution in [3.05, 3.63) is 76.9 Å². The first-order valence-electron chi connectivity index (χ1n) is 10.7. The van der Waals surface area contributed by atoms with Crippen molar-refractivity contribution in [2.45, 2.75) is 26.7 Å². The van der Waals surface area contributed by atoms with Gasteiger partial charge in [-0.3, -0.25) is 10.2 Å². The summed E-state index contributed by atoms with van der Waals surface area (Å²) in [5, 5.41) is 35.0. The summed E-state index contributed by atoms with van der Waals surface area (Å²) in [4.78, 5) is 24.1. The minimum atomic E-state index is -1.07. The van der Waals surface area contributed by atoms with Crippen molar-refractivity contribution in [2.75, 3.05) is 10.7 Å². The van der Waals surface area contributed by atoms with Crippen molar-refractivity contribution in [2.24, 2.45) is 5.10 Å². The van der Waals surface area contributed by atoms with Gasteiger partial charge in [0.2, 0.25) is 0 Å². The van der Waals surface area contributed by atoms with E-state index in [4.69, 9.17) is 5.41 Å². The number of phenols is 1. The third-order valence-corrected chi connectivity index (χ3v) is 5.66. The number of hydrogen-bond donors (Lipinski definition) is 5. The first-order chi connectivity index (χ1) is 16.2. The number of carboxylic acids is 1. The molecule has 0 fully saturated rings. The number of nitrogens with one attached hydrogen (secondary N) is 3. The number of aryl methyl sites for hydroxylation is 3. The summed E-state index contributed by atoms with van der Waals surface area (Å²) >= 11 is 0. The first kappa shape index (κ1) is 22.7. The summed E-state index contributed by atoms with van der Waals surface area (Å²) in [7, 11) is 0. The van der Waals surface area contributed by atoms with E-state index in [2.05, 4.69) is 15.8 Å². The number of rotatable bonds is 7. The smallest absolute Gasteiger partial charge is 0.335 e. The van der Waals surface area contributed by atoms with Gasteiger partial charge in [0, 0.05) is 11.3 Å². The molecule has 172 valence electrons. The third-order valence-electron chi connectivity index (χ3n) is 5.66. The van der Waals surface area contributed by atoms with Crippen LogP contribution in [-0.2, 0) is 17.6 Å². The van der Waals surface area contributed by atoms with E-state index in [1.54, 1.807) is 24.3 Å². The third kappa shape index (κ3) is 4.66. The summed E-state index contributed by atoms with van der Waals surface area (Å²) in [6, 6.07) is 15.3. The number of carboxylic acid groups (broad SMARTS) is 1. The fraction of sp³-hybridized carbons (Fsp3) is 0.154. The number of aromatic carboxylic acids is 1. The molecule has 1 aliphatic rings. The van der Waals surface area contributed by atoms with E-state index in [0.29, 0.717) is 16.8 Å². The highest BCUT2D eigenvalue weighted by Crippen LogP contribution is 2.37. The number of hydrogen-bond acceptors (Lipinski definition) is 6. The standard InChI is InChI=1S/C26H24N4O4/c1-14-10-21(18-4-3-5-19(12-18)26(33)34)24(31)22(11-14)29-30-23(15(2)27)25(32)28-20-9-8-16-6-7-17(16)13-20/h3-5,8-13,27,29,31H,6-7H2,1-2H3,(H,28,32)(H,33,34)/b27-15?,30-23-. The molecule has 0 saturated heterocycles. The van der Waals surface area contributed by atoms with Crippen LogP contribution in [0.3, 0.4) is 0 Å². The molecule has 3 aromatic rings. The molecular formula is C26H24N4O4. The lowest BCUT2D eigenvalue weighted by Gasteiger charge is -2.19. The summed E-state index contributed by atoms with van der Waals surface area (Å²) in [6.07, 6.45) is 2.03. The van der Waals surface area contributed by atoms with E-state index in [-0.39, 0.29) is 28.4 Å². The fourth-order valence-electron chi connectivity index (χ4n) is 3.79. The van der Waals surface area contributed by atoms with Crippen LogP contribution in [0.25, 0.3) is 11.1 Å². The van der Waals surface area contributed by atoms with E-state index < -0.39 is 11.9 Å². The predicted molar refractivity (Wildman–Crippen MR) is 132 cm³/mol. The molecule has 0 aromatic heterocycles. The van der Waals surface area contributed by atoms with Gasteiger partial charge in [0.15, 0.2) is 5.71 Å². The maximum Gasteiger partial charge on any atom is 0.335 e. The van der Waals surface area contributed by atoms with Crippen molar-refractivity contribution in [1.29, 1.82) is 5.41 Å². The van der Waals surface area contributed by atoms with Crippen LogP contribution in [0.5, 0.6) is 5.75 Å². The van der Waals surface area contributed by atoms with Gasteiger partial charge in [-0.15, -0.1) is 0 Å². The largest absolute Gasteiger partial charge is 0.505 e. The summed E-state index contributed by atoms with van der Waals surface area (Å²) in [5.41, 5.74) is 7.68. The molecule has 0 radical (unpaired) electrons. The van der Waals surface area contributed by atoms with Gasteiger partial charge >= 0.3 is 5.97 Å². The van der Waals surface area contributed by atoms with Gasteiger partial charge < -0.3 is 20.9 Å². The van der Waals surface area contributed by atoms with Crippen LogP contribution in [-0.4, -0.2) is 33.5 Å². The number of anilines is 2. The van der Waals surface area contributed by atoms with Crippen LogP contribution in [0.15, 0.2) is 59.7 Å². The number of amides is 1. The van der Waals surface area contributed by atoms with Crippen LogP contribution in [0, 0.1) is 12.3 Å². The average molecular weight is 457 g/mol. The Kier molecular flexibility index (Phi) is 6.14. The zero-order valence-electron chi connectivity index (χ0n) is 18.8. The lowest BCUT2D eigenvalue weighted by molar-refractivity contribution is -0.110. The normalized spacial score (nSPS) is 12.4. The van der Waals surface area contributed by atoms with E-state index in [9.17, 15) is 19.8 Å². The number of carbonyl (C=O) groups is 2. The number of nitrogens with zero attached hydrogens (tertiary/aromatic N) is 1. The zero-order chi connectivity index (χ0) is 24.4. The van der Waals surface area contributed by atoms with E-state index in [0.717, 1.165) is 18.4 Å². The van der Waals surface area contributed by atoms with Gasteiger partial charge in [-0.25, -0.2) is 4.79 Å². The Morgan fingerprint density at radius 1 is 1.03 bits per heavy atom. The van der Waals surface area contributed by atoms with Crippen LogP contribution >= 0.6 is 0 Å². The Labute approximate surface area is 196 Å². The Morgan fingerprint density at radius 3 is 2.44 bits per heavy atom. The van der Waals surface area contributed by atoms with Gasteiger partial charge in [0.25, 0.3) is 5.91 Å². The fourth-order valence-corrected chi connectivity index (χ4v) is 3.79. The molecular weight excluding hydrogens is 432 g/mol. The zero-order valence-corrected chi connectivity index (χ0v) is 18.8. The Bertz CT molecular complexity index is 1360. The van der Waals surface area contributed by atoms with Crippen LogP contribution in [0.4, 0.5) is 11.4 Å². The summed E-state index contributed by atoms with van der Waals surface area (Å²) in [6.45, 7) is 3.27. The molecule has 5 N–H and O–H groups in total. The maximum absolute atomic E-state index is 12.8. The summed E-state index contributed by atoms with van der Waals surface area (Å²) in [5.74, 6) is -1.76. The van der Waals surface area contributed by atoms with Crippen molar-refractivity contribution in [3.8, 4) is 16.9 Å². The summed E-state index contributed by atoms with van der Waals surface area (Å²) < 4.78 is 0. The second-order valence-corrected chi connectivity index (χ2v) is 8.23. The van der Waals surface area contributed by atoms with Crippen molar-refractivity contribution in [3.63, 3.8) is 0 Å². The maximum atomic E-state index is 12.8. The van der Waals surface area contributed by atoms with Gasteiger partial charge in [0.1, 0.15) is 5.75 Å². The van der Waals surface area contributed by atoms with E-state index in [1.165, 1.54) is 30.2 Å². The molecule has 0 aliphatic heterocycles. The van der Waals surface area contributed by atoms with Gasteiger partial charge in [0.05, 0.1) is 17.0 Å². The quantitative estimate of drug-likeness (QED) is 0.201. The molecule has 0 unspecified atom stereocenters. The lowest BCUT2D eigenvalue weighted by Crippen LogP contribution is -2.29. The van der Waals surface area contributed by atoms with Gasteiger partial charge in [-0.2, -0.15) is 5.10 Å². The first-order valence-corrected chi connectivity index (χ1v) is 10.7. The van der Waals surface area contributed by atoms with E-state index in [1.807, 2.05) is 25.1 Å². The predicted octanol–water partition coefficient (Wildman–Crippen LogP) is 4.61. The van der Waals surface area contributed by atoms with Crippen LogP contribution in [0.1, 0.15) is 34.0 Å². The SMILES string of the molecule is CC(=N)/C(=N/Nc1cc(C)cc(-c2cccc(C(=O)O)c2)c1O)C(=O)Nc1ccc2c(c1)CC2. The molecule has 1 amide bonds. The average Bonchev–Trinajstić information content (AvgIpc) is 2.77. The highest BCUT2D eigenvalue weighted by molar-refractivity contribution is 6.67. The van der Waals surface area contributed by atoms with Gasteiger partial charge in [-0.05, 0) is 85.3 Å². The lowest BCUT2D eigenvalue weighted by atomic mass is 9.88. The molecule has 0 atom stereocenters. The number of carbonyl (C=O) groups excluding carboxylic acids is 1. The molecule has 0 heterocycles. The second-order valence-electron chi connectivity index (χ2n) is 8.23. The van der Waals surface area contributed by atoms with Crippen molar-refractivity contribution >= 4 is 34.7 Å². The van der Waals surface area contributed by atoms with Crippen molar-refractivity contribution < 1.29 is 19.8 Å². The monoisotopic (exact) mass is 456 g/mol. The Hall–Kier alpha value is -4.46. The van der Waals surface area contributed by atoms with Gasteiger partial charge in [-0.1, -0.05) is 18.2 Å².